The number of amides is 1. The van der Waals surface area contributed by atoms with E-state index < -0.39 is 11.6 Å². The monoisotopic (exact) mass is 358 g/mol. The smallest absolute Gasteiger partial charge is 0.242 e. The molecule has 3 heterocycles. The molecule has 0 atom stereocenters. The van der Waals surface area contributed by atoms with Crippen LogP contribution >= 0.6 is 0 Å². The van der Waals surface area contributed by atoms with Gasteiger partial charge in [0, 0.05) is 38.3 Å². The van der Waals surface area contributed by atoms with Crippen LogP contribution in [0.1, 0.15) is 5.56 Å². The van der Waals surface area contributed by atoms with Gasteiger partial charge in [-0.1, -0.05) is 6.07 Å². The highest BCUT2D eigenvalue weighted by molar-refractivity contribution is 5.88. The average Bonchev–Trinajstić information content (AvgIpc) is 3.00. The Kier molecular flexibility index (Phi) is 3.98. The Morgan fingerprint density at radius 2 is 2.00 bits per heavy atom. The number of anilines is 1. The first kappa shape index (κ1) is 16.4. The summed E-state index contributed by atoms with van der Waals surface area (Å²) in [4.78, 5) is 28.7. The summed E-state index contributed by atoms with van der Waals surface area (Å²) < 4.78 is 28.6. The normalized spacial score (nSPS) is 15.1. The number of halogens is 2. The lowest BCUT2D eigenvalue weighted by atomic mass is 10.1. The van der Waals surface area contributed by atoms with E-state index in [1.165, 1.54) is 18.5 Å². The first-order valence-electron chi connectivity index (χ1n) is 8.11. The zero-order chi connectivity index (χ0) is 18.3. The number of hydrogen-bond acceptors (Lipinski definition) is 5. The van der Waals surface area contributed by atoms with Crippen LogP contribution in [0.25, 0.3) is 11.2 Å². The predicted octanol–water partition coefficient (Wildman–Crippen LogP) is 1.49. The molecule has 2 aromatic heterocycles. The molecule has 0 bridgehead atoms. The molecule has 9 heteroatoms. The summed E-state index contributed by atoms with van der Waals surface area (Å²) in [6.45, 7) is 1.18. The maximum absolute atomic E-state index is 13.8. The lowest BCUT2D eigenvalue weighted by molar-refractivity contribution is -0.131. The van der Waals surface area contributed by atoms with E-state index in [1.54, 1.807) is 15.8 Å². The molecule has 0 saturated carbocycles. The van der Waals surface area contributed by atoms with Gasteiger partial charge >= 0.3 is 0 Å². The van der Waals surface area contributed by atoms with Crippen molar-refractivity contribution < 1.29 is 13.6 Å². The summed E-state index contributed by atoms with van der Waals surface area (Å²) >= 11 is 0. The Morgan fingerprint density at radius 1 is 1.15 bits per heavy atom. The molecule has 3 aromatic rings. The topological polar surface area (TPSA) is 67.2 Å². The molecule has 0 unspecified atom stereocenters. The first-order chi connectivity index (χ1) is 12.5. The molecule has 7 nitrogen and oxygen atoms in total. The van der Waals surface area contributed by atoms with E-state index in [1.807, 2.05) is 11.9 Å². The number of piperazine rings is 1. The van der Waals surface area contributed by atoms with Crippen LogP contribution in [0, 0.1) is 11.6 Å². The average molecular weight is 358 g/mol. The highest BCUT2D eigenvalue weighted by atomic mass is 19.1. The van der Waals surface area contributed by atoms with Crippen molar-refractivity contribution in [2.75, 3.05) is 24.5 Å². The van der Waals surface area contributed by atoms with Crippen molar-refractivity contribution >= 4 is 22.9 Å². The fourth-order valence-electron chi connectivity index (χ4n) is 3.08. The van der Waals surface area contributed by atoms with Crippen LogP contribution < -0.4 is 4.90 Å². The van der Waals surface area contributed by atoms with Gasteiger partial charge in [-0.2, -0.15) is 0 Å². The van der Waals surface area contributed by atoms with E-state index in [2.05, 4.69) is 15.0 Å². The van der Waals surface area contributed by atoms with Crippen LogP contribution in [0.5, 0.6) is 0 Å². The van der Waals surface area contributed by atoms with Gasteiger partial charge in [-0.05, 0) is 6.07 Å². The lowest BCUT2D eigenvalue weighted by Crippen LogP contribution is -2.50. The third-order valence-corrected chi connectivity index (χ3v) is 4.47. The Hall–Kier alpha value is -3.10. The Bertz CT molecular complexity index is 989. The number of aromatic nitrogens is 4. The van der Waals surface area contributed by atoms with Crippen LogP contribution in [-0.4, -0.2) is 50.0 Å². The molecule has 26 heavy (non-hydrogen) atoms. The molecule has 0 aliphatic carbocycles. The zero-order valence-electron chi connectivity index (χ0n) is 14.1. The molecule has 1 amide bonds. The van der Waals surface area contributed by atoms with E-state index in [0.29, 0.717) is 35.6 Å². The molecule has 0 radical (unpaired) electrons. The minimum absolute atomic E-state index is 0.113. The van der Waals surface area contributed by atoms with Crippen LogP contribution in [0.4, 0.5) is 14.6 Å². The van der Waals surface area contributed by atoms with Gasteiger partial charge in [0.25, 0.3) is 0 Å². The molecular weight excluding hydrogens is 342 g/mol. The van der Waals surface area contributed by atoms with Crippen LogP contribution in [0.2, 0.25) is 0 Å². The van der Waals surface area contributed by atoms with E-state index in [0.717, 1.165) is 6.07 Å². The summed E-state index contributed by atoms with van der Waals surface area (Å²) in [6, 6.07) is 3.39. The predicted molar refractivity (Wildman–Crippen MR) is 90.3 cm³/mol. The molecule has 4 rings (SSSR count). The van der Waals surface area contributed by atoms with Gasteiger partial charge in [0.15, 0.2) is 17.0 Å². The Labute approximate surface area is 147 Å². The maximum atomic E-state index is 13.8. The lowest BCUT2D eigenvalue weighted by Gasteiger charge is -2.35. The highest BCUT2D eigenvalue weighted by Gasteiger charge is 2.27. The van der Waals surface area contributed by atoms with Crippen molar-refractivity contribution in [1.29, 1.82) is 0 Å². The number of nitrogens with zero attached hydrogens (tertiary/aromatic N) is 6. The van der Waals surface area contributed by atoms with Crippen molar-refractivity contribution in [1.82, 2.24) is 24.4 Å². The van der Waals surface area contributed by atoms with E-state index >= 15 is 0 Å². The zero-order valence-corrected chi connectivity index (χ0v) is 14.1. The molecule has 1 saturated heterocycles. The third-order valence-electron chi connectivity index (χ3n) is 4.47. The van der Waals surface area contributed by atoms with Gasteiger partial charge in [0.1, 0.15) is 18.0 Å². The number of carbonyl (C=O) groups excluding carboxylic acids is 1. The summed E-state index contributed by atoms with van der Waals surface area (Å²) in [5.74, 6) is -0.823. The number of fused-ring (bicyclic) bond motifs is 1. The van der Waals surface area contributed by atoms with Gasteiger partial charge in [-0.15, -0.1) is 0 Å². The van der Waals surface area contributed by atoms with Crippen molar-refractivity contribution in [3.8, 4) is 0 Å². The number of rotatable bonds is 3. The number of aryl methyl sites for hydroxylation is 1. The first-order valence-corrected chi connectivity index (χ1v) is 8.11. The maximum Gasteiger partial charge on any atom is 0.242 e. The van der Waals surface area contributed by atoms with E-state index in [4.69, 9.17) is 0 Å². The summed E-state index contributed by atoms with van der Waals surface area (Å²) in [5.41, 5.74) is 1.63. The Morgan fingerprint density at radius 3 is 2.77 bits per heavy atom. The molecule has 1 fully saturated rings. The van der Waals surface area contributed by atoms with Crippen LogP contribution in [0.15, 0.2) is 30.9 Å². The summed E-state index contributed by atoms with van der Waals surface area (Å²) in [5, 5.41) is 0. The third kappa shape index (κ3) is 2.85. The SMILES string of the molecule is Cn1cnc2c(N3CCN(Cc4ccc(F)cc4F)C(=O)C3)ncnc21. The second-order valence-corrected chi connectivity index (χ2v) is 6.20. The molecule has 1 aromatic carbocycles. The Balaban J connectivity index is 1.52. The van der Waals surface area contributed by atoms with Gasteiger partial charge < -0.3 is 14.4 Å². The standard InChI is InChI=1S/C17H16F2N6O/c1-23-10-22-15-16(23)20-9-21-17(15)25-5-4-24(14(26)8-25)7-11-2-3-12(18)6-13(11)19/h2-3,6,9-10H,4-5,7-8H2,1H3. The van der Waals surface area contributed by atoms with Crippen LogP contribution in [0.3, 0.4) is 0 Å². The van der Waals surface area contributed by atoms with Gasteiger partial charge in [-0.3, -0.25) is 4.79 Å². The number of carbonyl (C=O) groups is 1. The molecule has 134 valence electrons. The number of benzene rings is 1. The van der Waals surface area contributed by atoms with E-state index in [9.17, 15) is 13.6 Å². The molecular formula is C17H16F2N6O. The number of hydrogen-bond donors (Lipinski definition) is 0. The minimum atomic E-state index is -0.647. The van der Waals surface area contributed by atoms with Gasteiger partial charge in [-0.25, -0.2) is 23.7 Å². The van der Waals surface area contributed by atoms with Crippen molar-refractivity contribution in [3.05, 3.63) is 48.1 Å². The highest BCUT2D eigenvalue weighted by Crippen LogP contribution is 2.23. The largest absolute Gasteiger partial charge is 0.344 e. The quantitative estimate of drug-likeness (QED) is 0.710. The fourth-order valence-corrected chi connectivity index (χ4v) is 3.08. The minimum Gasteiger partial charge on any atom is -0.344 e. The van der Waals surface area contributed by atoms with E-state index in [-0.39, 0.29) is 19.0 Å². The van der Waals surface area contributed by atoms with Crippen molar-refractivity contribution in [2.45, 2.75) is 6.54 Å². The fraction of sp³-hybridized carbons (Fsp3) is 0.294. The molecule has 0 N–H and O–H groups in total. The summed E-state index contributed by atoms with van der Waals surface area (Å²) in [7, 11) is 1.84. The second kappa shape index (κ2) is 6.32. The van der Waals surface area contributed by atoms with Gasteiger partial charge in [0.2, 0.25) is 5.91 Å². The van der Waals surface area contributed by atoms with Crippen LogP contribution in [-0.2, 0) is 18.4 Å². The van der Waals surface area contributed by atoms with Crippen molar-refractivity contribution in [3.63, 3.8) is 0 Å². The van der Waals surface area contributed by atoms with Crippen molar-refractivity contribution in [2.24, 2.45) is 7.05 Å². The van der Waals surface area contributed by atoms with Gasteiger partial charge in [0.05, 0.1) is 12.9 Å². The second-order valence-electron chi connectivity index (χ2n) is 6.20. The molecule has 1 aliphatic heterocycles. The molecule has 0 spiro atoms. The number of imidazole rings is 1. The summed E-state index contributed by atoms with van der Waals surface area (Å²) in [6.07, 6.45) is 3.10. The molecule has 1 aliphatic rings.